The summed E-state index contributed by atoms with van der Waals surface area (Å²) in [6, 6.07) is 9.97. The second-order valence-electron chi connectivity index (χ2n) is 3.03. The van der Waals surface area contributed by atoms with Crippen LogP contribution in [0.3, 0.4) is 0 Å². The molecule has 80 valence electrons. The summed E-state index contributed by atoms with van der Waals surface area (Å²) in [4.78, 5) is 6.09. The van der Waals surface area contributed by atoms with E-state index >= 15 is 0 Å². The van der Waals surface area contributed by atoms with E-state index in [2.05, 4.69) is 10.3 Å². The predicted octanol–water partition coefficient (Wildman–Crippen LogP) is 1.50. The third kappa shape index (κ3) is 2.76. The highest BCUT2D eigenvalue weighted by atomic mass is 32.1. The largest absolute Gasteiger partial charge is 0.365 e. The molecule has 4 heteroatoms. The molecular formula is C11H15N3S. The molecule has 0 amide bonds. The monoisotopic (exact) mass is 221 g/mol. The predicted molar refractivity (Wildman–Crippen MR) is 68.3 cm³/mol. The molecule has 0 aliphatic carbocycles. The lowest BCUT2D eigenvalue weighted by atomic mass is 10.2. The van der Waals surface area contributed by atoms with Crippen molar-refractivity contribution in [2.24, 2.45) is 4.99 Å². The molecule has 1 aromatic rings. The van der Waals surface area contributed by atoms with E-state index in [-0.39, 0.29) is 0 Å². The Labute approximate surface area is 95.8 Å². The first kappa shape index (κ1) is 11.7. The van der Waals surface area contributed by atoms with Crippen molar-refractivity contribution in [3.63, 3.8) is 0 Å². The summed E-state index contributed by atoms with van der Waals surface area (Å²) < 4.78 is 0. The average Bonchev–Trinajstić information content (AvgIpc) is 2.30. The molecule has 1 aromatic carbocycles. The Morgan fingerprint density at radius 2 is 1.93 bits per heavy atom. The Morgan fingerprint density at radius 1 is 1.33 bits per heavy atom. The zero-order valence-corrected chi connectivity index (χ0v) is 10.0. The van der Waals surface area contributed by atoms with Crippen LogP contribution >= 0.6 is 12.2 Å². The maximum absolute atomic E-state index is 5.15. The maximum atomic E-state index is 5.15. The average molecular weight is 221 g/mol. The first-order valence-corrected chi connectivity index (χ1v) is 5.09. The van der Waals surface area contributed by atoms with Crippen molar-refractivity contribution >= 4 is 23.2 Å². The molecule has 0 bridgehead atoms. The van der Waals surface area contributed by atoms with E-state index in [4.69, 9.17) is 12.2 Å². The molecule has 1 rings (SSSR count). The Morgan fingerprint density at radius 3 is 2.40 bits per heavy atom. The van der Waals surface area contributed by atoms with Crippen LogP contribution < -0.4 is 5.32 Å². The van der Waals surface area contributed by atoms with Gasteiger partial charge in [-0.2, -0.15) is 0 Å². The van der Waals surface area contributed by atoms with Gasteiger partial charge in [-0.25, -0.2) is 0 Å². The highest BCUT2D eigenvalue weighted by molar-refractivity contribution is 7.80. The molecule has 0 unspecified atom stereocenters. The Balaban J connectivity index is 2.96. The van der Waals surface area contributed by atoms with Crippen LogP contribution in [0.2, 0.25) is 0 Å². The fourth-order valence-electron chi connectivity index (χ4n) is 1.32. The molecule has 0 spiro atoms. The first-order valence-electron chi connectivity index (χ1n) is 4.68. The molecule has 0 aliphatic heterocycles. The minimum atomic E-state index is 0.652. The van der Waals surface area contributed by atoms with Crippen LogP contribution in [0.5, 0.6) is 0 Å². The van der Waals surface area contributed by atoms with Gasteiger partial charge in [-0.15, -0.1) is 0 Å². The third-order valence-corrected chi connectivity index (χ3v) is 2.56. The minimum Gasteiger partial charge on any atom is -0.365 e. The van der Waals surface area contributed by atoms with Crippen molar-refractivity contribution < 1.29 is 0 Å². The van der Waals surface area contributed by atoms with Crippen molar-refractivity contribution in [3.05, 3.63) is 35.9 Å². The zero-order valence-electron chi connectivity index (χ0n) is 9.19. The lowest BCUT2D eigenvalue weighted by Crippen LogP contribution is -2.39. The van der Waals surface area contributed by atoms with Gasteiger partial charge in [0.1, 0.15) is 5.84 Å². The molecule has 0 aliphatic rings. The number of nitrogens with zero attached hydrogens (tertiary/aromatic N) is 2. The molecule has 3 nitrogen and oxygen atoms in total. The van der Waals surface area contributed by atoms with Gasteiger partial charge in [0.15, 0.2) is 5.11 Å². The fraction of sp³-hybridized carbons (Fsp3) is 0.273. The van der Waals surface area contributed by atoms with E-state index in [1.807, 2.05) is 42.3 Å². The summed E-state index contributed by atoms with van der Waals surface area (Å²) in [6.07, 6.45) is 0. The summed E-state index contributed by atoms with van der Waals surface area (Å²) in [5, 5.41) is 3.58. The van der Waals surface area contributed by atoms with Gasteiger partial charge in [0.2, 0.25) is 0 Å². The Bertz CT molecular complexity index is 359. The first-order chi connectivity index (χ1) is 7.20. The van der Waals surface area contributed by atoms with E-state index in [1.165, 1.54) is 0 Å². The Hall–Kier alpha value is -1.42. The third-order valence-electron chi connectivity index (χ3n) is 2.08. The second kappa shape index (κ2) is 5.46. The maximum Gasteiger partial charge on any atom is 0.174 e. The molecule has 0 radical (unpaired) electrons. The molecule has 1 N–H and O–H groups in total. The molecular weight excluding hydrogens is 206 g/mol. The highest BCUT2D eigenvalue weighted by Gasteiger charge is 2.10. The summed E-state index contributed by atoms with van der Waals surface area (Å²) in [5.41, 5.74) is 1.06. The topological polar surface area (TPSA) is 27.6 Å². The molecule has 0 heterocycles. The van der Waals surface area contributed by atoms with Crippen molar-refractivity contribution in [1.82, 2.24) is 10.2 Å². The highest BCUT2D eigenvalue weighted by Crippen LogP contribution is 2.04. The van der Waals surface area contributed by atoms with Gasteiger partial charge >= 0.3 is 0 Å². The number of aliphatic imine (C=N–C) groups is 1. The lowest BCUT2D eigenvalue weighted by molar-refractivity contribution is 0.733. The van der Waals surface area contributed by atoms with E-state index in [9.17, 15) is 0 Å². The van der Waals surface area contributed by atoms with E-state index in [1.54, 1.807) is 14.1 Å². The van der Waals surface area contributed by atoms with Gasteiger partial charge in [0, 0.05) is 26.7 Å². The number of nitrogens with one attached hydrogen (secondary N) is 1. The van der Waals surface area contributed by atoms with Crippen LogP contribution in [-0.4, -0.2) is 37.0 Å². The number of hydrogen-bond donors (Lipinski definition) is 1. The molecule has 0 aromatic heterocycles. The number of amidine groups is 1. The van der Waals surface area contributed by atoms with Gasteiger partial charge in [-0.05, 0) is 12.2 Å². The van der Waals surface area contributed by atoms with Crippen molar-refractivity contribution in [1.29, 1.82) is 0 Å². The number of rotatable bonds is 1. The quantitative estimate of drug-likeness (QED) is 0.442. The summed E-state index contributed by atoms with van der Waals surface area (Å²) >= 11 is 5.15. The molecule has 0 atom stereocenters. The lowest BCUT2D eigenvalue weighted by Gasteiger charge is -2.21. The van der Waals surface area contributed by atoms with Crippen molar-refractivity contribution in [2.45, 2.75) is 0 Å². The number of hydrogen-bond acceptors (Lipinski definition) is 2. The number of thiocarbonyl (C=S) groups is 1. The van der Waals surface area contributed by atoms with Gasteiger partial charge in [-0.3, -0.25) is 4.99 Å². The molecule has 0 fully saturated rings. The van der Waals surface area contributed by atoms with E-state index < -0.39 is 0 Å². The fourth-order valence-corrected chi connectivity index (χ4v) is 1.41. The van der Waals surface area contributed by atoms with Crippen LogP contribution in [0.15, 0.2) is 35.3 Å². The summed E-state index contributed by atoms with van der Waals surface area (Å²) in [5.74, 6) is 0.856. The molecule has 0 saturated carbocycles. The molecule has 0 saturated heterocycles. The van der Waals surface area contributed by atoms with E-state index in [0.717, 1.165) is 11.4 Å². The van der Waals surface area contributed by atoms with Gasteiger partial charge in [0.05, 0.1) is 0 Å². The SMILES string of the molecule is CN=C(c1ccccc1)N(C)C(=S)NC. The van der Waals surface area contributed by atoms with Crippen molar-refractivity contribution in [3.8, 4) is 0 Å². The van der Waals surface area contributed by atoms with E-state index in [0.29, 0.717) is 5.11 Å². The smallest absolute Gasteiger partial charge is 0.174 e. The van der Waals surface area contributed by atoms with Crippen LogP contribution in [0.25, 0.3) is 0 Å². The van der Waals surface area contributed by atoms with Gasteiger partial charge < -0.3 is 10.2 Å². The van der Waals surface area contributed by atoms with Gasteiger partial charge in [0.25, 0.3) is 0 Å². The van der Waals surface area contributed by atoms with Gasteiger partial charge in [-0.1, -0.05) is 30.3 Å². The van der Waals surface area contributed by atoms with Crippen LogP contribution in [-0.2, 0) is 0 Å². The van der Waals surface area contributed by atoms with Crippen molar-refractivity contribution in [2.75, 3.05) is 21.1 Å². The second-order valence-corrected chi connectivity index (χ2v) is 3.41. The number of benzene rings is 1. The van der Waals surface area contributed by atoms with Crippen LogP contribution in [0, 0.1) is 0 Å². The summed E-state index contributed by atoms with van der Waals surface area (Å²) in [6.45, 7) is 0. The zero-order chi connectivity index (χ0) is 11.3. The standard InChI is InChI=1S/C11H15N3S/c1-12-10(14(3)11(15)13-2)9-7-5-4-6-8-9/h4-8H,1-3H3,(H,13,15). The summed E-state index contributed by atoms with van der Waals surface area (Å²) in [7, 11) is 5.46. The minimum absolute atomic E-state index is 0.652. The van der Waals surface area contributed by atoms with Crippen LogP contribution in [0.1, 0.15) is 5.56 Å². The Kier molecular flexibility index (Phi) is 4.24. The molecule has 15 heavy (non-hydrogen) atoms. The normalized spacial score (nSPS) is 11.0. The van der Waals surface area contributed by atoms with Crippen LogP contribution in [0.4, 0.5) is 0 Å².